The molecule has 0 saturated carbocycles. The van der Waals surface area contributed by atoms with Crippen molar-refractivity contribution in [3.8, 4) is 22.5 Å². The van der Waals surface area contributed by atoms with Gasteiger partial charge in [-0.05, 0) is 43.0 Å². The number of benzene rings is 3. The van der Waals surface area contributed by atoms with Crippen molar-refractivity contribution in [3.63, 3.8) is 0 Å². The van der Waals surface area contributed by atoms with E-state index in [1.807, 2.05) is 48.5 Å². The van der Waals surface area contributed by atoms with E-state index < -0.39 is 6.23 Å². The Kier molecular flexibility index (Phi) is 7.10. The van der Waals surface area contributed by atoms with Crippen LogP contribution in [-0.4, -0.2) is 49.4 Å². The van der Waals surface area contributed by atoms with E-state index in [4.69, 9.17) is 0 Å². The second-order valence-corrected chi connectivity index (χ2v) is 9.44. The number of aliphatic hydroxyl groups is 1. The normalized spacial score (nSPS) is 14.9. The molecule has 37 heavy (non-hydrogen) atoms. The van der Waals surface area contributed by atoms with E-state index in [1.165, 1.54) is 0 Å². The smallest absolute Gasteiger partial charge is 0.256 e. The van der Waals surface area contributed by atoms with Gasteiger partial charge in [0.1, 0.15) is 0 Å². The SMILES string of the molecule is CCCCNc1ccc2c3c(ccc(-c4ccccc4-c4nnc(C)nn4)c13)C(O)N(CCCC)C2=O. The lowest BCUT2D eigenvalue weighted by Gasteiger charge is -2.35. The van der Waals surface area contributed by atoms with Gasteiger partial charge in [0.25, 0.3) is 5.91 Å². The average molecular weight is 497 g/mol. The van der Waals surface area contributed by atoms with Crippen molar-refractivity contribution in [1.82, 2.24) is 25.3 Å². The molecule has 0 saturated heterocycles. The summed E-state index contributed by atoms with van der Waals surface area (Å²) in [7, 11) is 0. The summed E-state index contributed by atoms with van der Waals surface area (Å²) in [5.41, 5.74) is 4.93. The Morgan fingerprint density at radius 1 is 0.838 bits per heavy atom. The number of nitrogens with one attached hydrogen (secondary N) is 1. The van der Waals surface area contributed by atoms with Crippen LogP contribution in [0, 0.1) is 6.92 Å². The lowest BCUT2D eigenvalue weighted by atomic mass is 9.86. The number of aryl methyl sites for hydroxylation is 1. The lowest BCUT2D eigenvalue weighted by Crippen LogP contribution is -2.39. The number of anilines is 1. The molecule has 190 valence electrons. The number of unbranched alkanes of at least 4 members (excludes halogenated alkanes) is 2. The first-order valence-electron chi connectivity index (χ1n) is 13.0. The van der Waals surface area contributed by atoms with Crippen molar-refractivity contribution in [2.75, 3.05) is 18.4 Å². The van der Waals surface area contributed by atoms with Crippen LogP contribution in [0.3, 0.4) is 0 Å². The summed E-state index contributed by atoms with van der Waals surface area (Å²) >= 11 is 0. The van der Waals surface area contributed by atoms with Gasteiger partial charge < -0.3 is 15.3 Å². The molecule has 1 aliphatic heterocycles. The Balaban J connectivity index is 1.75. The van der Waals surface area contributed by atoms with Crippen LogP contribution < -0.4 is 5.32 Å². The molecule has 0 fully saturated rings. The second kappa shape index (κ2) is 10.6. The number of carbonyl (C=O) groups is 1. The molecule has 1 unspecified atom stereocenters. The zero-order valence-corrected chi connectivity index (χ0v) is 21.5. The quantitative estimate of drug-likeness (QED) is 0.294. The first-order valence-corrected chi connectivity index (χ1v) is 13.0. The molecule has 1 aromatic heterocycles. The molecule has 4 aromatic rings. The number of amides is 1. The molecule has 1 aliphatic rings. The molecule has 0 aliphatic carbocycles. The molecule has 2 heterocycles. The first-order chi connectivity index (χ1) is 18.0. The van der Waals surface area contributed by atoms with Crippen LogP contribution in [0.5, 0.6) is 0 Å². The molecule has 0 radical (unpaired) electrons. The van der Waals surface area contributed by atoms with Crippen molar-refractivity contribution >= 4 is 22.4 Å². The van der Waals surface area contributed by atoms with Crippen LogP contribution in [-0.2, 0) is 0 Å². The fourth-order valence-electron chi connectivity index (χ4n) is 4.97. The highest BCUT2D eigenvalue weighted by molar-refractivity contribution is 6.18. The van der Waals surface area contributed by atoms with Gasteiger partial charge in [0.05, 0.1) is 0 Å². The zero-order chi connectivity index (χ0) is 25.9. The Morgan fingerprint density at radius 2 is 1.54 bits per heavy atom. The summed E-state index contributed by atoms with van der Waals surface area (Å²) in [6, 6.07) is 15.7. The fourth-order valence-corrected chi connectivity index (χ4v) is 4.97. The summed E-state index contributed by atoms with van der Waals surface area (Å²) in [6.45, 7) is 7.32. The van der Waals surface area contributed by atoms with Crippen molar-refractivity contribution < 1.29 is 9.90 Å². The van der Waals surface area contributed by atoms with Gasteiger partial charge in [-0.3, -0.25) is 4.79 Å². The van der Waals surface area contributed by atoms with Crippen molar-refractivity contribution in [1.29, 1.82) is 0 Å². The van der Waals surface area contributed by atoms with E-state index in [0.29, 0.717) is 23.8 Å². The van der Waals surface area contributed by atoms with Crippen molar-refractivity contribution in [3.05, 3.63) is 65.5 Å². The van der Waals surface area contributed by atoms with Gasteiger partial charge in [-0.2, -0.15) is 0 Å². The second-order valence-electron chi connectivity index (χ2n) is 9.44. The molecular formula is C29H32N6O2. The van der Waals surface area contributed by atoms with Gasteiger partial charge >= 0.3 is 0 Å². The molecule has 0 bridgehead atoms. The minimum absolute atomic E-state index is 0.140. The van der Waals surface area contributed by atoms with E-state index in [9.17, 15) is 9.90 Å². The lowest BCUT2D eigenvalue weighted by molar-refractivity contribution is 0.00441. The summed E-state index contributed by atoms with van der Waals surface area (Å²) in [5.74, 6) is 0.800. The van der Waals surface area contributed by atoms with Crippen LogP contribution in [0.1, 0.15) is 67.5 Å². The van der Waals surface area contributed by atoms with E-state index >= 15 is 0 Å². The topological polar surface area (TPSA) is 104 Å². The molecule has 0 spiro atoms. The molecule has 3 aromatic carbocycles. The maximum Gasteiger partial charge on any atom is 0.256 e. The minimum atomic E-state index is -0.988. The Bertz CT molecular complexity index is 1440. The van der Waals surface area contributed by atoms with Gasteiger partial charge in [0, 0.05) is 46.2 Å². The van der Waals surface area contributed by atoms with Crippen LogP contribution in [0.25, 0.3) is 33.3 Å². The first kappa shape index (κ1) is 24.8. The maximum absolute atomic E-state index is 13.6. The van der Waals surface area contributed by atoms with Crippen LogP contribution >= 0.6 is 0 Å². The van der Waals surface area contributed by atoms with Gasteiger partial charge in [-0.25, -0.2) is 0 Å². The number of aromatic nitrogens is 4. The number of aliphatic hydroxyl groups excluding tert-OH is 1. The minimum Gasteiger partial charge on any atom is -0.385 e. The summed E-state index contributed by atoms with van der Waals surface area (Å²) in [6.07, 6.45) is 2.88. The molecule has 8 heteroatoms. The maximum atomic E-state index is 13.6. The van der Waals surface area contributed by atoms with E-state index in [2.05, 4.69) is 39.6 Å². The van der Waals surface area contributed by atoms with E-state index in [-0.39, 0.29) is 5.91 Å². The Hall–Kier alpha value is -3.91. The average Bonchev–Trinajstić information content (AvgIpc) is 2.92. The summed E-state index contributed by atoms with van der Waals surface area (Å²) < 4.78 is 0. The molecule has 1 amide bonds. The molecular weight excluding hydrogens is 464 g/mol. The third kappa shape index (κ3) is 4.53. The number of hydrogen-bond donors (Lipinski definition) is 2. The van der Waals surface area contributed by atoms with Crippen LogP contribution in [0.2, 0.25) is 0 Å². The largest absolute Gasteiger partial charge is 0.385 e. The number of rotatable bonds is 9. The zero-order valence-electron chi connectivity index (χ0n) is 21.5. The number of hydrogen-bond acceptors (Lipinski definition) is 7. The van der Waals surface area contributed by atoms with Crippen molar-refractivity contribution in [2.45, 2.75) is 52.7 Å². The number of carbonyl (C=O) groups excluding carboxylic acids is 1. The van der Waals surface area contributed by atoms with Gasteiger partial charge in [0.15, 0.2) is 12.1 Å². The van der Waals surface area contributed by atoms with Crippen LogP contribution in [0.15, 0.2) is 48.5 Å². The third-order valence-electron chi connectivity index (χ3n) is 6.89. The van der Waals surface area contributed by atoms with E-state index in [1.54, 1.807) is 11.8 Å². The number of nitrogens with zero attached hydrogens (tertiary/aromatic N) is 5. The van der Waals surface area contributed by atoms with Gasteiger partial charge in [0.2, 0.25) is 5.82 Å². The van der Waals surface area contributed by atoms with Crippen LogP contribution in [0.4, 0.5) is 5.69 Å². The predicted octanol–water partition coefficient (Wildman–Crippen LogP) is 5.52. The summed E-state index contributed by atoms with van der Waals surface area (Å²) in [4.78, 5) is 15.1. The highest BCUT2D eigenvalue weighted by Gasteiger charge is 2.34. The fraction of sp³-hybridized carbons (Fsp3) is 0.345. The van der Waals surface area contributed by atoms with Gasteiger partial charge in [-0.1, -0.05) is 63.1 Å². The van der Waals surface area contributed by atoms with Gasteiger partial charge in [-0.15, -0.1) is 20.4 Å². The monoisotopic (exact) mass is 496 g/mol. The van der Waals surface area contributed by atoms with E-state index in [0.717, 1.165) is 70.9 Å². The highest BCUT2D eigenvalue weighted by Crippen LogP contribution is 2.45. The molecule has 8 nitrogen and oxygen atoms in total. The Morgan fingerprint density at radius 3 is 2.27 bits per heavy atom. The third-order valence-corrected chi connectivity index (χ3v) is 6.89. The summed E-state index contributed by atoms with van der Waals surface area (Å²) in [5, 5.41) is 33.4. The standard InChI is InChI=1S/C29H32N6O2/c1-4-6-16-30-24-15-14-23-25-22(28(36)35(29(23)37)17-7-5-2)13-12-20(26(24)25)19-10-8-9-11-21(19)27-33-31-18(3)32-34-27/h8-15,28,30,36H,4-7,16-17H2,1-3H3. The Labute approximate surface area is 216 Å². The van der Waals surface area contributed by atoms with Crippen molar-refractivity contribution in [2.24, 2.45) is 0 Å². The predicted molar refractivity (Wildman–Crippen MR) is 145 cm³/mol. The molecule has 1 atom stereocenters. The molecule has 2 N–H and O–H groups in total. The highest BCUT2D eigenvalue weighted by atomic mass is 16.3. The molecule has 5 rings (SSSR count).